The second-order valence-corrected chi connectivity index (χ2v) is 4.48. The highest BCUT2D eigenvalue weighted by Crippen LogP contribution is 2.20. The summed E-state index contributed by atoms with van der Waals surface area (Å²) in [5.74, 6) is 0.405. The van der Waals surface area contributed by atoms with Gasteiger partial charge < -0.3 is 21.4 Å². The van der Waals surface area contributed by atoms with E-state index < -0.39 is 6.03 Å². The molecule has 2 heterocycles. The number of carbonyl (C=O) groups excluding carboxylic acids is 1. The minimum absolute atomic E-state index is 0.177. The van der Waals surface area contributed by atoms with Crippen LogP contribution < -0.4 is 21.8 Å². The molecule has 0 saturated heterocycles. The molecule has 2 amide bonds. The van der Waals surface area contributed by atoms with E-state index >= 15 is 0 Å². The molecule has 0 aliphatic heterocycles. The minimum Gasteiger partial charge on any atom is -0.351 e. The van der Waals surface area contributed by atoms with Gasteiger partial charge in [-0.15, -0.1) is 0 Å². The quantitative estimate of drug-likeness (QED) is 0.583. The summed E-state index contributed by atoms with van der Waals surface area (Å²) in [6, 6.07) is 7.61. The summed E-state index contributed by atoms with van der Waals surface area (Å²) in [6.45, 7) is 0. The van der Waals surface area contributed by atoms with Crippen molar-refractivity contribution in [2.75, 3.05) is 10.6 Å². The third-order valence-corrected chi connectivity index (χ3v) is 2.96. The Labute approximate surface area is 124 Å². The van der Waals surface area contributed by atoms with E-state index in [1.165, 1.54) is 18.6 Å². The van der Waals surface area contributed by atoms with Gasteiger partial charge in [0.2, 0.25) is 0 Å². The Bertz CT molecular complexity index is 882. The predicted octanol–water partition coefficient (Wildman–Crippen LogP) is 1.55. The fraction of sp³-hybridized carbons (Fsp3) is 0. The molecule has 3 aromatic rings. The number of nitrogens with zero attached hydrogens (tertiary/aromatic N) is 2. The van der Waals surface area contributed by atoms with Crippen molar-refractivity contribution < 1.29 is 4.79 Å². The molecule has 8 nitrogen and oxygen atoms in total. The molecule has 22 heavy (non-hydrogen) atoms. The first-order chi connectivity index (χ1) is 10.6. The number of nitrogens with two attached hydrogens (primary N) is 1. The fourth-order valence-electron chi connectivity index (χ4n) is 2.02. The lowest BCUT2D eigenvalue weighted by molar-refractivity contribution is 0.259. The van der Waals surface area contributed by atoms with Crippen molar-refractivity contribution in [3.05, 3.63) is 53.1 Å². The molecule has 0 atom stereocenters. The van der Waals surface area contributed by atoms with E-state index in [1.54, 1.807) is 24.3 Å². The maximum Gasteiger partial charge on any atom is 0.316 e. The lowest BCUT2D eigenvalue weighted by Gasteiger charge is -2.08. The molecule has 0 aliphatic carbocycles. The number of urea groups is 1. The first kappa shape index (κ1) is 13.6. The lowest BCUT2D eigenvalue weighted by Crippen LogP contribution is -2.19. The molecule has 110 valence electrons. The molecule has 0 fully saturated rings. The van der Waals surface area contributed by atoms with Crippen molar-refractivity contribution in [3.63, 3.8) is 0 Å². The number of aromatic nitrogens is 3. The Morgan fingerprint density at radius 3 is 2.55 bits per heavy atom. The number of carbonyl (C=O) groups is 1. The van der Waals surface area contributed by atoms with Gasteiger partial charge in [-0.1, -0.05) is 0 Å². The second-order valence-electron chi connectivity index (χ2n) is 4.48. The number of primary amides is 1. The van der Waals surface area contributed by atoms with Crippen molar-refractivity contribution in [2.45, 2.75) is 0 Å². The number of pyridine rings is 1. The third kappa shape index (κ3) is 2.70. The maximum absolute atomic E-state index is 12.0. The van der Waals surface area contributed by atoms with Gasteiger partial charge in [-0.25, -0.2) is 14.8 Å². The molecule has 0 bridgehead atoms. The summed E-state index contributed by atoms with van der Waals surface area (Å²) >= 11 is 0. The molecule has 2 aromatic heterocycles. The van der Waals surface area contributed by atoms with Gasteiger partial charge in [0.25, 0.3) is 0 Å². The fourth-order valence-corrected chi connectivity index (χ4v) is 2.02. The Hall–Kier alpha value is -3.42. The maximum atomic E-state index is 12.0. The van der Waals surface area contributed by atoms with Crippen LogP contribution in [0, 0.1) is 0 Å². The van der Waals surface area contributed by atoms with Crippen LogP contribution in [0.3, 0.4) is 0 Å². The number of hydrogen-bond acceptors (Lipinski definition) is 5. The van der Waals surface area contributed by atoms with Gasteiger partial charge >= 0.3 is 6.03 Å². The summed E-state index contributed by atoms with van der Waals surface area (Å²) < 4.78 is 0. The number of H-pyrrole nitrogens is 1. The van der Waals surface area contributed by atoms with Crippen LogP contribution in [0.2, 0.25) is 0 Å². The zero-order valence-corrected chi connectivity index (χ0v) is 11.3. The minimum atomic E-state index is -0.631. The Morgan fingerprint density at radius 1 is 1.09 bits per heavy atom. The number of anilines is 3. The second kappa shape index (κ2) is 5.52. The standard InChI is InChI=1S/C14H12N6O2/c15-14(22)20-9-3-1-8(2-4-9)19-13-11-10(21)5-6-16-12(11)17-7-18-13/h1-7H,(H3,15,20,22)(H2,16,17,18,19,21). The van der Waals surface area contributed by atoms with E-state index in [9.17, 15) is 9.59 Å². The molecule has 5 N–H and O–H groups in total. The van der Waals surface area contributed by atoms with Crippen LogP contribution in [0.5, 0.6) is 0 Å². The van der Waals surface area contributed by atoms with E-state index in [-0.39, 0.29) is 5.43 Å². The first-order valence-electron chi connectivity index (χ1n) is 6.39. The van der Waals surface area contributed by atoms with Crippen molar-refractivity contribution in [1.29, 1.82) is 0 Å². The monoisotopic (exact) mass is 296 g/mol. The van der Waals surface area contributed by atoms with Crippen LogP contribution in [-0.2, 0) is 0 Å². The van der Waals surface area contributed by atoms with Crippen LogP contribution in [0.1, 0.15) is 0 Å². The molecule has 1 aromatic carbocycles. The number of rotatable bonds is 3. The Balaban J connectivity index is 1.93. The topological polar surface area (TPSA) is 126 Å². The van der Waals surface area contributed by atoms with Gasteiger partial charge in [0.05, 0.1) is 0 Å². The summed E-state index contributed by atoms with van der Waals surface area (Å²) in [7, 11) is 0. The van der Waals surface area contributed by atoms with E-state index in [4.69, 9.17) is 5.73 Å². The van der Waals surface area contributed by atoms with Crippen molar-refractivity contribution in [3.8, 4) is 0 Å². The predicted molar refractivity (Wildman–Crippen MR) is 83.1 cm³/mol. The number of fused-ring (bicyclic) bond motifs is 1. The molecule has 3 rings (SSSR count). The average molecular weight is 296 g/mol. The van der Waals surface area contributed by atoms with Crippen LogP contribution in [-0.4, -0.2) is 21.0 Å². The number of hydrogen-bond donors (Lipinski definition) is 4. The lowest BCUT2D eigenvalue weighted by atomic mass is 10.2. The van der Waals surface area contributed by atoms with Crippen LogP contribution in [0.4, 0.5) is 22.0 Å². The molecular formula is C14H12N6O2. The summed E-state index contributed by atoms with van der Waals surface area (Å²) in [5.41, 5.74) is 6.60. The van der Waals surface area contributed by atoms with Crippen LogP contribution in [0.15, 0.2) is 47.7 Å². The van der Waals surface area contributed by atoms with Crippen molar-refractivity contribution in [1.82, 2.24) is 15.0 Å². The van der Waals surface area contributed by atoms with Crippen molar-refractivity contribution in [2.24, 2.45) is 5.73 Å². The van der Waals surface area contributed by atoms with Gasteiger partial charge in [-0.2, -0.15) is 0 Å². The van der Waals surface area contributed by atoms with E-state index in [0.29, 0.717) is 28.2 Å². The summed E-state index contributed by atoms with van der Waals surface area (Å²) in [6.07, 6.45) is 2.90. The number of benzene rings is 1. The Morgan fingerprint density at radius 2 is 1.82 bits per heavy atom. The molecule has 0 aliphatic rings. The van der Waals surface area contributed by atoms with E-state index in [1.807, 2.05) is 0 Å². The smallest absolute Gasteiger partial charge is 0.316 e. The SMILES string of the molecule is NC(=O)Nc1ccc(Nc2ncnc3[nH]ccc(=O)c23)cc1. The molecule has 0 saturated carbocycles. The van der Waals surface area contributed by atoms with Gasteiger partial charge in [0, 0.05) is 23.6 Å². The molecule has 0 radical (unpaired) electrons. The van der Waals surface area contributed by atoms with Crippen LogP contribution in [0.25, 0.3) is 11.0 Å². The van der Waals surface area contributed by atoms with E-state index in [0.717, 1.165) is 0 Å². The molecule has 0 unspecified atom stereocenters. The van der Waals surface area contributed by atoms with E-state index in [2.05, 4.69) is 25.6 Å². The molecule has 8 heteroatoms. The van der Waals surface area contributed by atoms with Gasteiger partial charge in [0.1, 0.15) is 23.2 Å². The summed E-state index contributed by atoms with van der Waals surface area (Å²) in [5, 5.41) is 5.90. The third-order valence-electron chi connectivity index (χ3n) is 2.96. The van der Waals surface area contributed by atoms with Crippen molar-refractivity contribution >= 4 is 34.3 Å². The summed E-state index contributed by atoms with van der Waals surface area (Å²) in [4.78, 5) is 33.8. The highest BCUT2D eigenvalue weighted by Gasteiger charge is 2.07. The van der Waals surface area contributed by atoms with Crippen LogP contribution >= 0.6 is 0 Å². The number of nitrogens with one attached hydrogen (secondary N) is 3. The molecular weight excluding hydrogens is 284 g/mol. The molecule has 0 spiro atoms. The normalized spacial score (nSPS) is 10.4. The zero-order valence-electron chi connectivity index (χ0n) is 11.3. The van der Waals surface area contributed by atoms with Gasteiger partial charge in [0.15, 0.2) is 5.43 Å². The average Bonchev–Trinajstić information content (AvgIpc) is 2.49. The number of aromatic amines is 1. The number of amides is 2. The first-order valence-corrected chi connectivity index (χ1v) is 6.39. The largest absolute Gasteiger partial charge is 0.351 e. The highest BCUT2D eigenvalue weighted by atomic mass is 16.2. The van der Waals surface area contributed by atoms with Gasteiger partial charge in [-0.05, 0) is 24.3 Å². The Kier molecular flexibility index (Phi) is 3.40. The zero-order chi connectivity index (χ0) is 15.5. The van der Waals surface area contributed by atoms with Gasteiger partial charge in [-0.3, -0.25) is 4.79 Å². The highest BCUT2D eigenvalue weighted by molar-refractivity contribution is 5.89.